The molecule has 6 rings (SSSR count). The van der Waals surface area contributed by atoms with Gasteiger partial charge in [0.1, 0.15) is 16.8 Å². The van der Waals surface area contributed by atoms with Gasteiger partial charge in [0, 0.05) is 23.8 Å². The van der Waals surface area contributed by atoms with Gasteiger partial charge in [-0.1, -0.05) is 22.7 Å². The van der Waals surface area contributed by atoms with Gasteiger partial charge in [-0.3, -0.25) is 4.98 Å². The molecule has 0 aromatic carbocycles. The van der Waals surface area contributed by atoms with Crippen molar-refractivity contribution in [1.29, 1.82) is 0 Å². The number of piperidine rings is 1. The Bertz CT molecular complexity index is 1360. The first-order chi connectivity index (χ1) is 15.1. The molecule has 10 nitrogen and oxygen atoms in total. The number of hydrogen-bond acceptors (Lipinski definition) is 10. The van der Waals surface area contributed by atoms with Crippen molar-refractivity contribution in [2.75, 3.05) is 6.54 Å². The maximum Gasteiger partial charge on any atom is 0.276 e. The Morgan fingerprint density at radius 1 is 1.22 bits per heavy atom. The molecule has 13 heteroatoms. The molecule has 5 aromatic rings. The number of aromatic amines is 1. The first kappa shape index (κ1) is 21.2. The zero-order valence-corrected chi connectivity index (χ0v) is 19.7. The summed E-state index contributed by atoms with van der Waals surface area (Å²) in [4.78, 5) is 20.6. The molecule has 0 aliphatic carbocycles. The Hall–Kier alpha value is -2.67. The van der Waals surface area contributed by atoms with E-state index in [1.165, 1.54) is 27.5 Å². The zero-order chi connectivity index (χ0) is 20.9. The highest BCUT2D eigenvalue weighted by Crippen LogP contribution is 2.39. The van der Waals surface area contributed by atoms with Crippen LogP contribution in [0.2, 0.25) is 0 Å². The maximum absolute atomic E-state index is 6.13. The van der Waals surface area contributed by atoms with Gasteiger partial charge in [-0.25, -0.2) is 4.98 Å². The van der Waals surface area contributed by atoms with Crippen LogP contribution in [0.4, 0.5) is 0 Å². The second-order valence-corrected chi connectivity index (χ2v) is 9.54. The van der Waals surface area contributed by atoms with E-state index in [2.05, 4.69) is 42.6 Å². The highest BCUT2D eigenvalue weighted by molar-refractivity contribution is 7.28. The van der Waals surface area contributed by atoms with E-state index in [1.54, 1.807) is 13.2 Å². The summed E-state index contributed by atoms with van der Waals surface area (Å²) < 4.78 is 6.13. The van der Waals surface area contributed by atoms with Crippen LogP contribution in [-0.2, 0) is 7.05 Å². The summed E-state index contributed by atoms with van der Waals surface area (Å²) in [6, 6.07) is 2.46. The van der Waals surface area contributed by atoms with E-state index in [9.17, 15) is 0 Å². The molecule has 6 heterocycles. The molecule has 1 aliphatic heterocycles. The van der Waals surface area contributed by atoms with Crippen molar-refractivity contribution < 1.29 is 4.74 Å². The fraction of sp³-hybridized carbons (Fsp3) is 0.368. The number of fused-ring (bicyclic) bond motifs is 2. The number of aryl methyl sites for hydroxylation is 1. The largest absolute Gasteiger partial charge is 0.467 e. The van der Waals surface area contributed by atoms with Gasteiger partial charge in [0.05, 0.1) is 18.1 Å². The lowest BCUT2D eigenvalue weighted by Gasteiger charge is -2.27. The first-order valence-corrected chi connectivity index (χ1v) is 11.7. The van der Waals surface area contributed by atoms with E-state index in [4.69, 9.17) is 9.72 Å². The molecular weight excluding hydrogens is 470 g/mol. The molecule has 0 saturated carbocycles. The normalized spacial score (nSPS) is 18.8. The number of aromatic nitrogens is 8. The maximum atomic E-state index is 6.13. The van der Waals surface area contributed by atoms with E-state index in [0.29, 0.717) is 17.1 Å². The molecule has 0 radical (unpaired) electrons. The van der Waals surface area contributed by atoms with Crippen LogP contribution in [0.15, 0.2) is 18.5 Å². The summed E-state index contributed by atoms with van der Waals surface area (Å²) in [5.74, 6) is 0.543. The zero-order valence-electron chi connectivity index (χ0n) is 17.3. The van der Waals surface area contributed by atoms with Crippen LogP contribution < -0.4 is 10.1 Å². The smallest absolute Gasteiger partial charge is 0.276 e. The Balaban J connectivity index is 0.00000216. The summed E-state index contributed by atoms with van der Waals surface area (Å²) in [6.45, 7) is 3.16. The lowest BCUT2D eigenvalue weighted by Crippen LogP contribution is -2.40. The minimum absolute atomic E-state index is 0. The average Bonchev–Trinajstić information content (AvgIpc) is 3.50. The number of ether oxygens (including phenoxy) is 1. The highest BCUT2D eigenvalue weighted by atomic mass is 35.5. The van der Waals surface area contributed by atoms with Crippen molar-refractivity contribution in [2.24, 2.45) is 7.05 Å². The third-order valence-corrected chi connectivity index (χ3v) is 7.27. The summed E-state index contributed by atoms with van der Waals surface area (Å²) in [5.41, 5.74) is 2.51. The number of tetrazole rings is 1. The summed E-state index contributed by atoms with van der Waals surface area (Å²) in [7, 11) is 1.74. The topological polar surface area (TPSA) is 119 Å². The molecule has 1 saturated heterocycles. The second kappa shape index (κ2) is 8.35. The molecule has 2 N–H and O–H groups in total. The van der Waals surface area contributed by atoms with Gasteiger partial charge >= 0.3 is 0 Å². The molecule has 32 heavy (non-hydrogen) atoms. The van der Waals surface area contributed by atoms with Crippen molar-refractivity contribution in [3.05, 3.63) is 18.5 Å². The second-order valence-electron chi connectivity index (χ2n) is 7.62. The molecule has 5 aromatic heterocycles. The number of pyridine rings is 1. The number of nitrogens with one attached hydrogen (secondary N) is 2. The van der Waals surface area contributed by atoms with E-state index in [0.717, 1.165) is 56.2 Å². The van der Waals surface area contributed by atoms with Gasteiger partial charge in [0.25, 0.3) is 5.19 Å². The number of hydrogen-bond donors (Lipinski definition) is 2. The standard InChI is InChI=1S/C19H19N9OS2.ClH/c1-9-7-10(3-5-20-9)29-19-24-18-17(31-19)23-16(30-18)14-13-11(4-6-21-13)12(8-22-14)15-25-27-28(2)26-15;/h4,6,8-10,20-21H,3,5,7H2,1-2H3;1H/t9-,10+;/m0./s1. The molecule has 1 fully saturated rings. The Morgan fingerprint density at radius 2 is 2.09 bits per heavy atom. The van der Waals surface area contributed by atoms with Crippen molar-refractivity contribution in [3.8, 4) is 27.3 Å². The molecule has 0 bridgehead atoms. The van der Waals surface area contributed by atoms with Crippen LogP contribution in [0.25, 0.3) is 42.7 Å². The van der Waals surface area contributed by atoms with Gasteiger partial charge in [0.15, 0.2) is 9.66 Å². The van der Waals surface area contributed by atoms with Gasteiger partial charge in [-0.05, 0) is 37.6 Å². The Kier molecular flexibility index (Phi) is 5.53. The number of H-pyrrole nitrogens is 1. The quantitative estimate of drug-likeness (QED) is 0.394. The van der Waals surface area contributed by atoms with Crippen molar-refractivity contribution >= 4 is 55.6 Å². The van der Waals surface area contributed by atoms with Crippen LogP contribution in [0, 0.1) is 0 Å². The third-order valence-electron chi connectivity index (χ3n) is 5.35. The number of halogens is 1. The van der Waals surface area contributed by atoms with E-state index >= 15 is 0 Å². The first-order valence-electron chi connectivity index (χ1n) is 10.0. The number of rotatable bonds is 4. The predicted octanol–water partition coefficient (Wildman–Crippen LogP) is 3.43. The Morgan fingerprint density at radius 3 is 2.88 bits per heavy atom. The molecule has 166 valence electrons. The molecule has 2 atom stereocenters. The summed E-state index contributed by atoms with van der Waals surface area (Å²) in [5, 5.41) is 18.3. The Labute approximate surface area is 196 Å². The fourth-order valence-corrected chi connectivity index (χ4v) is 5.85. The monoisotopic (exact) mass is 489 g/mol. The van der Waals surface area contributed by atoms with E-state index < -0.39 is 0 Å². The molecule has 0 spiro atoms. The lowest BCUT2D eigenvalue weighted by molar-refractivity contribution is 0.144. The lowest BCUT2D eigenvalue weighted by atomic mass is 10.0. The fourth-order valence-electron chi connectivity index (χ4n) is 3.90. The van der Waals surface area contributed by atoms with Crippen LogP contribution in [-0.4, -0.2) is 58.8 Å². The third kappa shape index (κ3) is 3.72. The minimum Gasteiger partial charge on any atom is -0.467 e. The molecule has 0 amide bonds. The van der Waals surface area contributed by atoms with E-state index in [1.807, 2.05) is 12.3 Å². The van der Waals surface area contributed by atoms with Crippen LogP contribution in [0.1, 0.15) is 19.8 Å². The number of nitrogens with zero attached hydrogens (tertiary/aromatic N) is 7. The average molecular weight is 490 g/mol. The van der Waals surface area contributed by atoms with Gasteiger partial charge in [-0.2, -0.15) is 9.78 Å². The van der Waals surface area contributed by atoms with Crippen molar-refractivity contribution in [1.82, 2.24) is 45.5 Å². The van der Waals surface area contributed by atoms with Crippen molar-refractivity contribution in [3.63, 3.8) is 0 Å². The molecule has 1 aliphatic rings. The van der Waals surface area contributed by atoms with E-state index in [-0.39, 0.29) is 18.5 Å². The van der Waals surface area contributed by atoms with Gasteiger partial charge < -0.3 is 15.0 Å². The van der Waals surface area contributed by atoms with Gasteiger partial charge in [-0.15, -0.1) is 22.6 Å². The van der Waals surface area contributed by atoms with Crippen LogP contribution >= 0.6 is 35.1 Å². The minimum atomic E-state index is 0. The molecular formula is C19H20ClN9OS2. The van der Waals surface area contributed by atoms with Crippen LogP contribution in [0.5, 0.6) is 5.19 Å². The highest BCUT2D eigenvalue weighted by Gasteiger charge is 2.23. The SMILES string of the molecule is C[C@H]1C[C@H](Oc2nc3sc(-c4ncc(-c5nnn(C)n5)c5cc[nH]c45)nc3s2)CCN1.Cl. The number of thiazole rings is 2. The summed E-state index contributed by atoms with van der Waals surface area (Å²) in [6.07, 6.45) is 5.86. The summed E-state index contributed by atoms with van der Waals surface area (Å²) >= 11 is 3.02. The van der Waals surface area contributed by atoms with Crippen molar-refractivity contribution in [2.45, 2.75) is 31.9 Å². The van der Waals surface area contributed by atoms with Crippen LogP contribution in [0.3, 0.4) is 0 Å². The van der Waals surface area contributed by atoms with Gasteiger partial charge in [0.2, 0.25) is 5.82 Å². The molecule has 0 unspecified atom stereocenters. The predicted molar refractivity (Wildman–Crippen MR) is 127 cm³/mol.